The summed E-state index contributed by atoms with van der Waals surface area (Å²) >= 11 is 0. The van der Waals surface area contributed by atoms with Crippen molar-refractivity contribution in [2.75, 3.05) is 0 Å². The third kappa shape index (κ3) is 27.7. The Hall–Kier alpha value is -0.635. The summed E-state index contributed by atoms with van der Waals surface area (Å²) in [6.07, 6.45) is 20.9. The number of hydrogen-bond donors (Lipinski definition) is 0. The van der Waals surface area contributed by atoms with Crippen LogP contribution in [0.4, 0.5) is 0 Å². The fraction of sp³-hybridized carbons (Fsp3) is 0.625. The summed E-state index contributed by atoms with van der Waals surface area (Å²) in [6, 6.07) is 12.0. The van der Waals surface area contributed by atoms with E-state index < -0.39 is 5.97 Å². The second-order valence-electron chi connectivity index (χ2n) is 6.86. The van der Waals surface area contributed by atoms with E-state index in [9.17, 15) is 9.90 Å². The number of carbonyl (C=O) groups excluding carboxylic acids is 1. The minimum Gasteiger partial charge on any atom is -0.550 e. The molecule has 0 atom stereocenters. The van der Waals surface area contributed by atoms with Crippen molar-refractivity contribution in [3.8, 4) is 0 Å². The Morgan fingerprint density at radius 1 is 0.667 bits per heavy atom. The third-order valence-corrected chi connectivity index (χ3v) is 4.31. The fourth-order valence-corrected chi connectivity index (χ4v) is 2.72. The third-order valence-electron chi connectivity index (χ3n) is 4.31. The van der Waals surface area contributed by atoms with Gasteiger partial charge in [-0.15, -0.1) is 0 Å². The molecule has 0 amide bonds. The summed E-state index contributed by atoms with van der Waals surface area (Å²) in [5, 5.41) is 10.2. The largest absolute Gasteiger partial charge is 1.00 e. The number of aliphatic carboxylic acids is 1. The number of unbranched alkanes of at least 4 members (excludes halogenated alkanes) is 11. The van der Waals surface area contributed by atoms with E-state index in [1.165, 1.54) is 64.2 Å². The first-order valence-electron chi connectivity index (χ1n) is 10.6. The molecule has 3 heteroatoms. The molecule has 0 unspecified atom stereocenters. The number of rotatable bonds is 15. The van der Waals surface area contributed by atoms with Crippen LogP contribution in [0.5, 0.6) is 0 Å². The van der Waals surface area contributed by atoms with Gasteiger partial charge in [-0.3, -0.25) is 0 Å². The molecule has 1 aromatic carbocycles. The van der Waals surface area contributed by atoms with Crippen molar-refractivity contribution in [2.45, 2.75) is 96.8 Å². The van der Waals surface area contributed by atoms with Crippen LogP contribution in [0.15, 0.2) is 48.6 Å². The Bertz CT molecular complexity index is 391. The summed E-state index contributed by atoms with van der Waals surface area (Å²) in [5.74, 6) is -0.914. The van der Waals surface area contributed by atoms with Crippen molar-refractivity contribution in [2.24, 2.45) is 0 Å². The molecule has 2 nitrogen and oxygen atoms in total. The van der Waals surface area contributed by atoms with Gasteiger partial charge in [-0.25, -0.2) is 0 Å². The molecule has 1 radical (unpaired) electrons. The number of carboxylic acids is 1. The summed E-state index contributed by atoms with van der Waals surface area (Å²) in [4.78, 5) is 10.2. The first-order valence-corrected chi connectivity index (χ1v) is 10.6. The maximum atomic E-state index is 10.2. The molecule has 0 aliphatic heterocycles. The van der Waals surface area contributed by atoms with Crippen molar-refractivity contribution in [3.63, 3.8) is 0 Å². The van der Waals surface area contributed by atoms with Crippen molar-refractivity contribution >= 4 is 5.97 Å². The quantitative estimate of drug-likeness (QED) is 0.141. The minimum absolute atomic E-state index is 0. The predicted molar refractivity (Wildman–Crippen MR) is 111 cm³/mol. The average molecular weight is 560 g/mol. The Morgan fingerprint density at radius 3 is 1.44 bits per heavy atom. The number of carboxylic acid groups (broad SMARTS) is 1. The van der Waals surface area contributed by atoms with Crippen LogP contribution < -0.4 is 5.11 Å². The Balaban J connectivity index is 0. The molecular weight excluding hydrogens is 521 g/mol. The summed E-state index contributed by atoms with van der Waals surface area (Å²) < 4.78 is 0. The molecule has 0 saturated heterocycles. The molecule has 0 aromatic heterocycles. The first-order chi connectivity index (χ1) is 12.8. The number of allylic oxidation sites excluding steroid dienone is 2. The van der Waals surface area contributed by atoms with Gasteiger partial charge in [-0.05, 0) is 38.5 Å². The maximum Gasteiger partial charge on any atom is 1.00 e. The zero-order valence-electron chi connectivity index (χ0n) is 17.5. The molecule has 1 rings (SSSR count). The Morgan fingerprint density at radius 2 is 1.04 bits per heavy atom. The molecule has 1 aromatic rings. The van der Waals surface area contributed by atoms with Gasteiger partial charge in [-0.2, -0.15) is 0 Å². The van der Waals surface area contributed by atoms with Gasteiger partial charge in [0.05, 0.1) is 0 Å². The molecule has 0 heterocycles. The van der Waals surface area contributed by atoms with Crippen LogP contribution in [0.1, 0.15) is 96.8 Å². The molecule has 0 spiro atoms. The van der Waals surface area contributed by atoms with E-state index >= 15 is 0 Å². The molecule has 27 heavy (non-hydrogen) atoms. The van der Waals surface area contributed by atoms with Gasteiger partial charge in [0, 0.05) is 5.97 Å². The molecule has 0 aliphatic rings. The fourth-order valence-electron chi connectivity index (χ4n) is 2.72. The molecule has 0 N–H and O–H groups in total. The van der Waals surface area contributed by atoms with Crippen LogP contribution in [-0.2, 0) is 32.5 Å². The van der Waals surface area contributed by atoms with Gasteiger partial charge in [0.25, 0.3) is 0 Å². The van der Waals surface area contributed by atoms with Crippen LogP contribution in [-0.4, -0.2) is 5.97 Å². The van der Waals surface area contributed by atoms with Crippen LogP contribution in [0.25, 0.3) is 0 Å². The van der Waals surface area contributed by atoms with Crippen molar-refractivity contribution in [1.82, 2.24) is 0 Å². The molecule has 0 fully saturated rings. The van der Waals surface area contributed by atoms with Gasteiger partial charge in [0.2, 0.25) is 0 Å². The number of hydrogen-bond acceptors (Lipinski definition) is 2. The number of carbonyl (C=O) groups is 1. The monoisotopic (exact) mass is 561 g/mol. The van der Waals surface area contributed by atoms with Crippen LogP contribution in [0, 0.1) is 0 Å². The van der Waals surface area contributed by atoms with Crippen LogP contribution in [0.3, 0.4) is 0 Å². The Kier molecular flexibility index (Phi) is 26.8. The van der Waals surface area contributed by atoms with Crippen molar-refractivity contribution in [3.05, 3.63) is 48.6 Å². The molecule has 0 saturated carbocycles. The van der Waals surface area contributed by atoms with Gasteiger partial charge >= 0.3 is 27.7 Å². The number of benzene rings is 1. The van der Waals surface area contributed by atoms with Gasteiger partial charge in [0.15, 0.2) is 0 Å². The minimum atomic E-state index is -0.914. The van der Waals surface area contributed by atoms with E-state index in [1.54, 1.807) is 0 Å². The van der Waals surface area contributed by atoms with E-state index in [0.29, 0.717) is 0 Å². The van der Waals surface area contributed by atoms with Gasteiger partial charge < -0.3 is 9.90 Å². The first kappa shape index (κ1) is 28.6. The second-order valence-corrected chi connectivity index (χ2v) is 6.86. The summed E-state index contributed by atoms with van der Waals surface area (Å²) in [5.41, 5.74) is 0. The van der Waals surface area contributed by atoms with Crippen LogP contribution >= 0.6 is 0 Å². The van der Waals surface area contributed by atoms with Gasteiger partial charge in [0.1, 0.15) is 0 Å². The summed E-state index contributed by atoms with van der Waals surface area (Å²) in [7, 11) is 0. The standard InChI is InChI=1S/C18H34O2.C6H6.Hg/c1-2-3-4-5-6-7-8-9-10-11-12-13-14-15-16-17-18(19)20;1-2-4-6-5-3-1;/h9-10H,2-8,11-17H2,1H3,(H,19,20);1-6H;/q;;+1/p-1/b10-9-;;. The molecule has 0 bridgehead atoms. The topological polar surface area (TPSA) is 40.1 Å². The van der Waals surface area contributed by atoms with E-state index in [-0.39, 0.29) is 34.1 Å². The molecule has 149 valence electrons. The second kappa shape index (κ2) is 25.4. The van der Waals surface area contributed by atoms with Crippen molar-refractivity contribution < 1.29 is 37.6 Å². The molecular formula is C24H39HgO2. The van der Waals surface area contributed by atoms with E-state index in [4.69, 9.17) is 0 Å². The normalized spacial score (nSPS) is 10.1. The van der Waals surface area contributed by atoms with E-state index in [1.807, 2.05) is 36.4 Å². The summed E-state index contributed by atoms with van der Waals surface area (Å²) in [6.45, 7) is 2.26. The zero-order valence-corrected chi connectivity index (χ0v) is 23.0. The smallest absolute Gasteiger partial charge is 0.550 e. The Labute approximate surface area is 188 Å². The van der Waals surface area contributed by atoms with Gasteiger partial charge in [-0.1, -0.05) is 107 Å². The van der Waals surface area contributed by atoms with Crippen molar-refractivity contribution in [1.29, 1.82) is 0 Å². The predicted octanol–water partition coefficient (Wildman–Crippen LogP) is 6.46. The van der Waals surface area contributed by atoms with E-state index in [0.717, 1.165) is 19.3 Å². The van der Waals surface area contributed by atoms with E-state index in [2.05, 4.69) is 19.1 Å². The zero-order chi connectivity index (χ0) is 19.1. The average Bonchev–Trinajstić information content (AvgIpc) is 2.66. The SMILES string of the molecule is CCCCCCCC/C=C\CCCCCCCC(=O)[O-].[Hg+].c1ccccc1. The molecule has 0 aliphatic carbocycles. The van der Waals surface area contributed by atoms with Crippen LogP contribution in [0.2, 0.25) is 0 Å². The maximum absolute atomic E-state index is 10.2.